The van der Waals surface area contributed by atoms with Crippen LogP contribution in [0.15, 0.2) is 36.7 Å². The fourth-order valence-corrected chi connectivity index (χ4v) is 1.71. The highest BCUT2D eigenvalue weighted by Crippen LogP contribution is 2.14. The minimum Gasteiger partial charge on any atom is -0.486 e. The Bertz CT molecular complexity index is 471. The molecule has 17 heavy (non-hydrogen) atoms. The molecule has 3 nitrogen and oxygen atoms in total. The Morgan fingerprint density at radius 3 is 2.59 bits per heavy atom. The van der Waals surface area contributed by atoms with E-state index in [0.29, 0.717) is 12.6 Å². The summed E-state index contributed by atoms with van der Waals surface area (Å²) in [6, 6.07) is 8.47. The van der Waals surface area contributed by atoms with E-state index in [4.69, 9.17) is 4.74 Å². The first kappa shape index (κ1) is 11.7. The van der Waals surface area contributed by atoms with Gasteiger partial charge in [0.05, 0.1) is 0 Å². The minimum absolute atomic E-state index is 0.411. The number of benzene rings is 1. The fraction of sp³-hybridized carbons (Fsp3) is 0.357. The average molecular weight is 230 g/mol. The Morgan fingerprint density at radius 2 is 1.94 bits per heavy atom. The second-order valence-electron chi connectivity index (χ2n) is 4.45. The van der Waals surface area contributed by atoms with E-state index in [0.717, 1.165) is 11.6 Å². The lowest BCUT2D eigenvalue weighted by atomic mass is 10.2. The molecule has 0 bridgehead atoms. The maximum atomic E-state index is 5.71. The molecule has 1 aromatic carbocycles. The van der Waals surface area contributed by atoms with Crippen LogP contribution in [-0.4, -0.2) is 9.55 Å². The van der Waals surface area contributed by atoms with Crippen molar-refractivity contribution in [1.82, 2.24) is 9.55 Å². The zero-order chi connectivity index (χ0) is 12.3. The van der Waals surface area contributed by atoms with Crippen molar-refractivity contribution in [3.63, 3.8) is 0 Å². The summed E-state index contributed by atoms with van der Waals surface area (Å²) in [5, 5.41) is 0. The van der Waals surface area contributed by atoms with Crippen molar-refractivity contribution in [3.05, 3.63) is 48.0 Å². The summed E-state index contributed by atoms with van der Waals surface area (Å²) in [6.45, 7) is 6.84. The Balaban J connectivity index is 2.02. The van der Waals surface area contributed by atoms with Gasteiger partial charge in [0, 0.05) is 18.4 Å². The molecule has 2 aromatic rings. The average Bonchev–Trinajstić information content (AvgIpc) is 2.76. The van der Waals surface area contributed by atoms with E-state index in [2.05, 4.69) is 30.3 Å². The van der Waals surface area contributed by atoms with Crippen LogP contribution in [0.4, 0.5) is 0 Å². The Kier molecular flexibility index (Phi) is 3.47. The zero-order valence-corrected chi connectivity index (χ0v) is 10.6. The summed E-state index contributed by atoms with van der Waals surface area (Å²) < 4.78 is 7.83. The number of ether oxygens (including phenoxy) is 1. The van der Waals surface area contributed by atoms with Gasteiger partial charge in [-0.25, -0.2) is 4.98 Å². The lowest BCUT2D eigenvalue weighted by molar-refractivity contribution is 0.286. The Morgan fingerprint density at radius 1 is 1.24 bits per heavy atom. The van der Waals surface area contributed by atoms with Gasteiger partial charge in [0.1, 0.15) is 18.2 Å². The van der Waals surface area contributed by atoms with Crippen LogP contribution in [0, 0.1) is 6.92 Å². The van der Waals surface area contributed by atoms with Crippen LogP contribution in [0.3, 0.4) is 0 Å². The van der Waals surface area contributed by atoms with Gasteiger partial charge in [-0.3, -0.25) is 0 Å². The Hall–Kier alpha value is -1.77. The van der Waals surface area contributed by atoms with Gasteiger partial charge in [-0.05, 0) is 32.9 Å². The van der Waals surface area contributed by atoms with Crippen molar-refractivity contribution in [2.75, 3.05) is 0 Å². The fourth-order valence-electron chi connectivity index (χ4n) is 1.71. The molecular formula is C14H18N2O. The SMILES string of the molecule is Cc1ccc(OCc2nccn2C(C)C)cc1. The van der Waals surface area contributed by atoms with Crippen molar-refractivity contribution >= 4 is 0 Å². The molecule has 1 aromatic heterocycles. The zero-order valence-electron chi connectivity index (χ0n) is 10.6. The molecular weight excluding hydrogens is 212 g/mol. The van der Waals surface area contributed by atoms with Crippen LogP contribution in [0.25, 0.3) is 0 Å². The highest BCUT2D eigenvalue weighted by atomic mass is 16.5. The van der Waals surface area contributed by atoms with Crippen LogP contribution in [-0.2, 0) is 6.61 Å². The first-order valence-electron chi connectivity index (χ1n) is 5.88. The van der Waals surface area contributed by atoms with Crippen molar-refractivity contribution in [2.24, 2.45) is 0 Å². The molecule has 0 amide bonds. The maximum Gasteiger partial charge on any atom is 0.146 e. The molecule has 3 heteroatoms. The maximum absolute atomic E-state index is 5.71. The van der Waals surface area contributed by atoms with Gasteiger partial charge in [-0.15, -0.1) is 0 Å². The van der Waals surface area contributed by atoms with Gasteiger partial charge < -0.3 is 9.30 Å². The van der Waals surface area contributed by atoms with Crippen molar-refractivity contribution < 1.29 is 4.74 Å². The van der Waals surface area contributed by atoms with Gasteiger partial charge in [-0.2, -0.15) is 0 Å². The van der Waals surface area contributed by atoms with Gasteiger partial charge in [0.25, 0.3) is 0 Å². The molecule has 1 heterocycles. The highest BCUT2D eigenvalue weighted by molar-refractivity contribution is 5.26. The number of hydrogen-bond donors (Lipinski definition) is 0. The van der Waals surface area contributed by atoms with Crippen LogP contribution in [0.2, 0.25) is 0 Å². The van der Waals surface area contributed by atoms with E-state index in [1.54, 1.807) is 0 Å². The molecule has 0 N–H and O–H groups in total. The van der Waals surface area contributed by atoms with Crippen LogP contribution >= 0.6 is 0 Å². The first-order chi connectivity index (χ1) is 8.16. The number of imidazole rings is 1. The van der Waals surface area contributed by atoms with Gasteiger partial charge >= 0.3 is 0 Å². The summed E-state index contributed by atoms with van der Waals surface area (Å²) in [5.41, 5.74) is 1.24. The monoisotopic (exact) mass is 230 g/mol. The van der Waals surface area contributed by atoms with E-state index < -0.39 is 0 Å². The number of nitrogens with zero attached hydrogens (tertiary/aromatic N) is 2. The van der Waals surface area contributed by atoms with Crippen LogP contribution in [0.1, 0.15) is 31.3 Å². The molecule has 2 rings (SSSR count). The molecule has 0 aliphatic rings. The molecule has 0 fully saturated rings. The normalized spacial score (nSPS) is 10.8. The van der Waals surface area contributed by atoms with E-state index in [1.807, 2.05) is 36.7 Å². The predicted molar refractivity (Wildman–Crippen MR) is 68.1 cm³/mol. The highest BCUT2D eigenvalue weighted by Gasteiger charge is 2.06. The summed E-state index contributed by atoms with van der Waals surface area (Å²) in [4.78, 5) is 4.31. The number of rotatable bonds is 4. The molecule has 0 spiro atoms. The van der Waals surface area contributed by atoms with Crippen molar-refractivity contribution in [2.45, 2.75) is 33.4 Å². The largest absolute Gasteiger partial charge is 0.486 e. The topological polar surface area (TPSA) is 27.1 Å². The lowest BCUT2D eigenvalue weighted by Gasteiger charge is -2.12. The first-order valence-corrected chi connectivity index (χ1v) is 5.88. The second kappa shape index (κ2) is 5.04. The summed E-state index contributed by atoms with van der Waals surface area (Å²) in [5.74, 6) is 1.84. The van der Waals surface area contributed by atoms with Crippen LogP contribution < -0.4 is 4.74 Å². The quantitative estimate of drug-likeness (QED) is 0.805. The second-order valence-corrected chi connectivity index (χ2v) is 4.45. The molecule has 0 unspecified atom stereocenters. The molecule has 0 aliphatic heterocycles. The van der Waals surface area contributed by atoms with Gasteiger partial charge in [0.15, 0.2) is 0 Å². The van der Waals surface area contributed by atoms with E-state index in [9.17, 15) is 0 Å². The molecule has 0 radical (unpaired) electrons. The molecule has 0 atom stereocenters. The summed E-state index contributed by atoms with van der Waals surface area (Å²) >= 11 is 0. The summed E-state index contributed by atoms with van der Waals surface area (Å²) in [7, 11) is 0. The van der Waals surface area contributed by atoms with Gasteiger partial charge in [-0.1, -0.05) is 17.7 Å². The van der Waals surface area contributed by atoms with Crippen LogP contribution in [0.5, 0.6) is 5.75 Å². The molecule has 90 valence electrons. The standard InChI is InChI=1S/C14H18N2O/c1-11(2)16-9-8-15-14(16)10-17-13-6-4-12(3)5-7-13/h4-9,11H,10H2,1-3H3. The smallest absolute Gasteiger partial charge is 0.146 e. The molecule has 0 aliphatic carbocycles. The summed E-state index contributed by atoms with van der Waals surface area (Å²) in [6.07, 6.45) is 3.80. The van der Waals surface area contributed by atoms with Crippen molar-refractivity contribution in [3.8, 4) is 5.75 Å². The Labute approximate surface area is 102 Å². The third kappa shape index (κ3) is 2.87. The third-order valence-corrected chi connectivity index (χ3v) is 2.69. The predicted octanol–water partition coefficient (Wildman–Crippen LogP) is 3.35. The van der Waals surface area contributed by atoms with E-state index >= 15 is 0 Å². The number of aryl methyl sites for hydroxylation is 1. The third-order valence-electron chi connectivity index (χ3n) is 2.69. The van der Waals surface area contributed by atoms with Gasteiger partial charge in [0.2, 0.25) is 0 Å². The van der Waals surface area contributed by atoms with Crippen molar-refractivity contribution in [1.29, 1.82) is 0 Å². The number of aromatic nitrogens is 2. The lowest BCUT2D eigenvalue weighted by Crippen LogP contribution is -2.08. The van der Waals surface area contributed by atoms with E-state index in [-0.39, 0.29) is 0 Å². The number of hydrogen-bond acceptors (Lipinski definition) is 2. The molecule has 0 saturated carbocycles. The minimum atomic E-state index is 0.411. The van der Waals surface area contributed by atoms with E-state index in [1.165, 1.54) is 5.56 Å². The molecule has 0 saturated heterocycles.